The molecule has 4 fully saturated rings. The van der Waals surface area contributed by atoms with Gasteiger partial charge in [-0.05, 0) is 46.1 Å². The van der Waals surface area contributed by atoms with Gasteiger partial charge in [0.1, 0.15) is 18.7 Å². The van der Waals surface area contributed by atoms with Gasteiger partial charge in [-0.15, -0.1) is 0 Å². The highest BCUT2D eigenvalue weighted by molar-refractivity contribution is 5.83. The van der Waals surface area contributed by atoms with E-state index in [4.69, 9.17) is 23.7 Å². The van der Waals surface area contributed by atoms with E-state index < -0.39 is 18.1 Å². The van der Waals surface area contributed by atoms with Crippen LogP contribution in [0.3, 0.4) is 0 Å². The lowest BCUT2D eigenvalue weighted by atomic mass is 9.90. The molecule has 1 N–H and O–H groups in total. The van der Waals surface area contributed by atoms with E-state index in [1.165, 1.54) is 19.1 Å². The molecule has 6 atom stereocenters. The maximum Gasteiger partial charge on any atom is 0.410 e. The summed E-state index contributed by atoms with van der Waals surface area (Å²) in [5.41, 5.74) is 0.517. The number of nitrogens with one attached hydrogen (secondary N) is 1. The molecule has 4 aliphatic heterocycles. The maximum absolute atomic E-state index is 12.5. The first-order chi connectivity index (χ1) is 17.9. The largest absolute Gasteiger partial charge is 0.468 e. The van der Waals surface area contributed by atoms with Gasteiger partial charge in [0, 0.05) is 18.4 Å². The van der Waals surface area contributed by atoms with Gasteiger partial charge in [0.05, 0.1) is 44.2 Å². The van der Waals surface area contributed by atoms with Crippen molar-refractivity contribution in [2.24, 2.45) is 11.8 Å². The first-order valence-corrected chi connectivity index (χ1v) is 13.2. The predicted octanol–water partition coefficient (Wildman–Crippen LogP) is 2.68. The van der Waals surface area contributed by atoms with Crippen molar-refractivity contribution in [3.05, 3.63) is 35.9 Å². The first-order valence-electron chi connectivity index (χ1n) is 13.2. The van der Waals surface area contributed by atoms with Crippen molar-refractivity contribution in [2.75, 3.05) is 27.3 Å². The molecular weight excluding hydrogens is 492 g/mol. The molecular formula is C28H40N2O8. The molecule has 0 saturated carbocycles. The Hall–Kier alpha value is -2.69. The number of benzene rings is 1. The standard InChI is InChI=1S/C18H23NO5.C10H17NO3/c1-18(2)9-13-14(24-18)10-19(15(13)16(20)22-3)17(21)23-11-12-7-5-4-6-8-12;1-10(2)4-6-7(14-10)5-11-8(6)9(12)13-3/h4-8,13-15H,9-11H2,1-3H3;6-8,11H,4-5H2,1-3H3/t13-,14-,15-;6-,7-,8-/m00/s1. The van der Waals surface area contributed by atoms with Gasteiger partial charge in [0.2, 0.25) is 0 Å². The maximum atomic E-state index is 12.5. The number of nitrogens with zero attached hydrogens (tertiary/aromatic N) is 1. The van der Waals surface area contributed by atoms with Gasteiger partial charge in [-0.2, -0.15) is 0 Å². The summed E-state index contributed by atoms with van der Waals surface area (Å²) in [4.78, 5) is 37.6. The molecule has 1 aromatic carbocycles. The molecule has 38 heavy (non-hydrogen) atoms. The predicted molar refractivity (Wildman–Crippen MR) is 137 cm³/mol. The minimum Gasteiger partial charge on any atom is -0.468 e. The van der Waals surface area contributed by atoms with E-state index in [-0.39, 0.29) is 53.9 Å². The molecule has 4 aliphatic rings. The summed E-state index contributed by atoms with van der Waals surface area (Å²) < 4.78 is 26.9. The fourth-order valence-corrected chi connectivity index (χ4v) is 6.23. The molecule has 210 valence electrons. The van der Waals surface area contributed by atoms with Crippen LogP contribution in [0.5, 0.6) is 0 Å². The van der Waals surface area contributed by atoms with E-state index in [1.54, 1.807) is 0 Å². The van der Waals surface area contributed by atoms with Crippen molar-refractivity contribution in [2.45, 2.75) is 82.6 Å². The molecule has 0 aliphatic carbocycles. The Morgan fingerprint density at radius 1 is 0.921 bits per heavy atom. The van der Waals surface area contributed by atoms with Gasteiger partial charge in [-0.1, -0.05) is 30.3 Å². The number of esters is 2. The summed E-state index contributed by atoms with van der Waals surface area (Å²) >= 11 is 0. The Labute approximate surface area is 224 Å². The molecule has 0 unspecified atom stereocenters. The number of fused-ring (bicyclic) bond motifs is 2. The molecule has 0 aromatic heterocycles. The molecule has 5 rings (SSSR count). The van der Waals surface area contributed by atoms with Crippen LogP contribution in [0.15, 0.2) is 30.3 Å². The van der Waals surface area contributed by atoms with E-state index in [0.29, 0.717) is 13.0 Å². The first kappa shape index (κ1) is 28.3. The second-order valence-corrected chi connectivity index (χ2v) is 11.6. The third-order valence-corrected chi connectivity index (χ3v) is 7.77. The summed E-state index contributed by atoms with van der Waals surface area (Å²) in [7, 11) is 2.77. The highest BCUT2D eigenvalue weighted by Crippen LogP contribution is 2.43. The molecule has 0 radical (unpaired) electrons. The highest BCUT2D eigenvalue weighted by atomic mass is 16.6. The molecule has 1 aromatic rings. The number of likely N-dealkylation sites (tertiary alicyclic amines) is 1. The van der Waals surface area contributed by atoms with Gasteiger partial charge in [0.25, 0.3) is 0 Å². The highest BCUT2D eigenvalue weighted by Gasteiger charge is 2.56. The minimum absolute atomic E-state index is 0.0586. The van der Waals surface area contributed by atoms with Crippen molar-refractivity contribution in [3.8, 4) is 0 Å². The third-order valence-electron chi connectivity index (χ3n) is 7.77. The SMILES string of the molecule is COC(=O)[C@@H]1[C@H]2CC(C)(C)O[C@H]2CN1C(=O)OCc1ccccc1.COC(=O)[C@H]1NC[C@@H]2OC(C)(C)C[C@@H]21. The van der Waals surface area contributed by atoms with Crippen molar-refractivity contribution < 1.29 is 38.1 Å². The number of rotatable bonds is 4. The van der Waals surface area contributed by atoms with Crippen LogP contribution in [-0.4, -0.2) is 85.7 Å². The summed E-state index contributed by atoms with van der Waals surface area (Å²) in [5.74, 6) is -0.367. The average molecular weight is 533 g/mol. The number of hydrogen-bond donors (Lipinski definition) is 1. The minimum atomic E-state index is -0.648. The Bertz CT molecular complexity index is 1010. The van der Waals surface area contributed by atoms with Crippen LogP contribution in [0, 0.1) is 11.8 Å². The van der Waals surface area contributed by atoms with E-state index in [9.17, 15) is 14.4 Å². The zero-order chi connectivity index (χ0) is 27.7. The van der Waals surface area contributed by atoms with Gasteiger partial charge < -0.3 is 29.0 Å². The van der Waals surface area contributed by atoms with E-state index in [0.717, 1.165) is 18.5 Å². The molecule has 10 nitrogen and oxygen atoms in total. The lowest BCUT2D eigenvalue weighted by molar-refractivity contribution is -0.147. The van der Waals surface area contributed by atoms with Crippen LogP contribution in [-0.2, 0) is 39.9 Å². The van der Waals surface area contributed by atoms with Gasteiger partial charge >= 0.3 is 18.0 Å². The number of amides is 1. The second kappa shape index (κ2) is 11.2. The van der Waals surface area contributed by atoms with Crippen LogP contribution in [0.1, 0.15) is 46.1 Å². The number of ether oxygens (including phenoxy) is 5. The van der Waals surface area contributed by atoms with E-state index in [2.05, 4.69) is 19.2 Å². The fraction of sp³-hybridized carbons (Fsp3) is 0.679. The smallest absolute Gasteiger partial charge is 0.410 e. The monoisotopic (exact) mass is 532 g/mol. The molecule has 10 heteroatoms. The Kier molecular flexibility index (Phi) is 8.34. The second-order valence-electron chi connectivity index (χ2n) is 11.6. The van der Waals surface area contributed by atoms with Crippen LogP contribution in [0.2, 0.25) is 0 Å². The zero-order valence-corrected chi connectivity index (χ0v) is 23.1. The molecule has 1 amide bonds. The normalized spacial score (nSPS) is 32.0. The Balaban J connectivity index is 0.000000204. The van der Waals surface area contributed by atoms with Crippen LogP contribution >= 0.6 is 0 Å². The average Bonchev–Trinajstić information content (AvgIpc) is 3.58. The molecule has 4 heterocycles. The summed E-state index contributed by atoms with van der Waals surface area (Å²) in [6, 6.07) is 8.62. The molecule has 0 bridgehead atoms. The van der Waals surface area contributed by atoms with Crippen LogP contribution in [0.25, 0.3) is 0 Å². The van der Waals surface area contributed by atoms with Gasteiger partial charge in [-0.25, -0.2) is 9.59 Å². The van der Waals surface area contributed by atoms with E-state index in [1.807, 2.05) is 44.2 Å². The van der Waals surface area contributed by atoms with E-state index >= 15 is 0 Å². The summed E-state index contributed by atoms with van der Waals surface area (Å²) in [5, 5.41) is 3.15. The Morgan fingerprint density at radius 3 is 2.16 bits per heavy atom. The topological polar surface area (TPSA) is 113 Å². The van der Waals surface area contributed by atoms with Crippen LogP contribution < -0.4 is 5.32 Å². The van der Waals surface area contributed by atoms with Crippen molar-refractivity contribution in [3.63, 3.8) is 0 Å². The quantitative estimate of drug-likeness (QED) is 0.462. The number of carbonyl (C=O) groups is 3. The van der Waals surface area contributed by atoms with Crippen molar-refractivity contribution in [1.29, 1.82) is 0 Å². The number of hydrogen-bond acceptors (Lipinski definition) is 9. The number of methoxy groups -OCH3 is 2. The lowest BCUT2D eigenvalue weighted by Gasteiger charge is -2.27. The molecule has 4 saturated heterocycles. The lowest BCUT2D eigenvalue weighted by Crippen LogP contribution is -2.45. The van der Waals surface area contributed by atoms with Crippen molar-refractivity contribution >= 4 is 18.0 Å². The van der Waals surface area contributed by atoms with Gasteiger partial charge in [-0.3, -0.25) is 9.69 Å². The van der Waals surface area contributed by atoms with Crippen molar-refractivity contribution in [1.82, 2.24) is 10.2 Å². The molecule has 0 spiro atoms. The third kappa shape index (κ3) is 6.13. The zero-order valence-electron chi connectivity index (χ0n) is 23.1. The van der Waals surface area contributed by atoms with Crippen LogP contribution in [0.4, 0.5) is 4.79 Å². The number of carbonyl (C=O) groups excluding carboxylic acids is 3. The summed E-state index contributed by atoms with van der Waals surface area (Å²) in [6.45, 7) is 9.41. The van der Waals surface area contributed by atoms with Gasteiger partial charge in [0.15, 0.2) is 0 Å². The summed E-state index contributed by atoms with van der Waals surface area (Å²) in [6.07, 6.45) is 1.14. The Morgan fingerprint density at radius 2 is 1.53 bits per heavy atom. The fourth-order valence-electron chi connectivity index (χ4n) is 6.23.